The predicted molar refractivity (Wildman–Crippen MR) is 137 cm³/mol. The quantitative estimate of drug-likeness (QED) is 0.323. The number of nitrogen functional groups attached to an aromatic ring is 1. The molecule has 0 unspecified atom stereocenters. The Morgan fingerprint density at radius 1 is 1.34 bits per heavy atom. The number of anilines is 1. The van der Waals surface area contributed by atoms with Crippen molar-refractivity contribution in [3.63, 3.8) is 0 Å². The van der Waals surface area contributed by atoms with Crippen LogP contribution in [0.2, 0.25) is 5.02 Å². The van der Waals surface area contributed by atoms with E-state index in [1.54, 1.807) is 24.3 Å². The maximum atomic E-state index is 13.4. The summed E-state index contributed by atoms with van der Waals surface area (Å²) in [6.07, 6.45) is 0.790. The highest BCUT2D eigenvalue weighted by Gasteiger charge is 2.34. The number of halogens is 1. The van der Waals surface area contributed by atoms with Crippen molar-refractivity contribution in [1.82, 2.24) is 15.5 Å². The molecule has 0 aliphatic carbocycles. The van der Waals surface area contributed by atoms with Gasteiger partial charge in [0.25, 0.3) is 0 Å². The molecule has 1 aliphatic heterocycles. The largest absolute Gasteiger partial charge is 0.496 e. The van der Waals surface area contributed by atoms with Gasteiger partial charge in [-0.15, -0.1) is 0 Å². The lowest BCUT2D eigenvalue weighted by Gasteiger charge is -2.26. The number of nitrogens with zero attached hydrogens (tertiary/aromatic N) is 1. The summed E-state index contributed by atoms with van der Waals surface area (Å²) in [4.78, 5) is 39.3. The van der Waals surface area contributed by atoms with Gasteiger partial charge < -0.3 is 26.2 Å². The van der Waals surface area contributed by atoms with E-state index in [1.807, 2.05) is 6.92 Å². The van der Waals surface area contributed by atoms with Crippen molar-refractivity contribution in [2.45, 2.75) is 25.8 Å². The van der Waals surface area contributed by atoms with Crippen molar-refractivity contribution >= 4 is 52.4 Å². The summed E-state index contributed by atoms with van der Waals surface area (Å²) in [5.74, 6) is -1.50. The van der Waals surface area contributed by atoms with Crippen LogP contribution < -0.4 is 21.1 Å². The highest BCUT2D eigenvalue weighted by molar-refractivity contribution is 7.80. The maximum Gasteiger partial charge on any atom is 0.337 e. The van der Waals surface area contributed by atoms with Gasteiger partial charge in [0, 0.05) is 17.3 Å². The molecule has 186 valence electrons. The molecule has 3 rings (SSSR count). The fourth-order valence-electron chi connectivity index (χ4n) is 3.97. The number of hydrogen-bond donors (Lipinski definition) is 4. The highest BCUT2D eigenvalue weighted by atomic mass is 35.5. The Morgan fingerprint density at radius 3 is 2.71 bits per heavy atom. The van der Waals surface area contributed by atoms with Gasteiger partial charge in [-0.3, -0.25) is 9.69 Å². The normalized spacial score (nSPS) is 16.8. The van der Waals surface area contributed by atoms with Gasteiger partial charge in [-0.05, 0) is 54.3 Å². The molecule has 0 saturated carbocycles. The number of amides is 3. The summed E-state index contributed by atoms with van der Waals surface area (Å²) < 4.78 is 5.40. The molecule has 1 heterocycles. The number of rotatable bonds is 7. The maximum absolute atomic E-state index is 13.4. The zero-order chi connectivity index (χ0) is 25.7. The first kappa shape index (κ1) is 26.2. The lowest BCUT2D eigenvalue weighted by molar-refractivity contribution is -0.131. The molecule has 2 aromatic rings. The monoisotopic (exact) mass is 518 g/mol. The van der Waals surface area contributed by atoms with Crippen molar-refractivity contribution in [2.24, 2.45) is 5.92 Å². The van der Waals surface area contributed by atoms with E-state index in [1.165, 1.54) is 19.2 Å². The lowest BCUT2D eigenvalue weighted by atomic mass is 9.97. The van der Waals surface area contributed by atoms with Gasteiger partial charge in [-0.1, -0.05) is 36.8 Å². The van der Waals surface area contributed by atoms with Crippen LogP contribution in [0.4, 0.5) is 10.5 Å². The topological polar surface area (TPSA) is 134 Å². The number of carbonyl (C=O) groups is 3. The Labute approximate surface area is 213 Å². The van der Waals surface area contributed by atoms with Crippen molar-refractivity contribution in [3.8, 4) is 5.75 Å². The molecule has 0 spiro atoms. The third-order valence-electron chi connectivity index (χ3n) is 5.83. The number of aromatic carboxylic acids is 1. The molecule has 11 heteroatoms. The van der Waals surface area contributed by atoms with Crippen LogP contribution in [0.1, 0.15) is 40.9 Å². The van der Waals surface area contributed by atoms with E-state index in [0.717, 1.165) is 10.5 Å². The third-order valence-corrected chi connectivity index (χ3v) is 6.34. The van der Waals surface area contributed by atoms with Crippen LogP contribution in [0, 0.1) is 5.92 Å². The van der Waals surface area contributed by atoms with E-state index in [2.05, 4.69) is 10.6 Å². The smallest absolute Gasteiger partial charge is 0.337 e. The molecule has 1 saturated heterocycles. The third kappa shape index (κ3) is 6.20. The van der Waals surface area contributed by atoms with E-state index in [9.17, 15) is 19.5 Å². The van der Waals surface area contributed by atoms with Crippen molar-refractivity contribution in [1.29, 1.82) is 0 Å². The van der Waals surface area contributed by atoms with Crippen molar-refractivity contribution < 1.29 is 24.2 Å². The van der Waals surface area contributed by atoms with Gasteiger partial charge in [-0.25, -0.2) is 9.59 Å². The molecule has 3 amide bonds. The summed E-state index contributed by atoms with van der Waals surface area (Å²) >= 11 is 11.5. The molecular formula is C24H27ClN4O5S. The highest BCUT2D eigenvalue weighted by Crippen LogP contribution is 2.27. The van der Waals surface area contributed by atoms with Gasteiger partial charge in [-0.2, -0.15) is 0 Å². The molecule has 0 bridgehead atoms. The Hall–Kier alpha value is -3.37. The predicted octanol–water partition coefficient (Wildman–Crippen LogP) is 3.41. The number of carboxylic acid groups (broad SMARTS) is 1. The van der Waals surface area contributed by atoms with Crippen LogP contribution >= 0.6 is 23.8 Å². The van der Waals surface area contributed by atoms with E-state index >= 15 is 0 Å². The second-order valence-electron chi connectivity index (χ2n) is 8.15. The van der Waals surface area contributed by atoms with E-state index < -0.39 is 24.0 Å². The molecule has 9 nitrogen and oxygen atoms in total. The first-order valence-electron chi connectivity index (χ1n) is 11.0. The second-order valence-corrected chi connectivity index (χ2v) is 9.08. The zero-order valence-electron chi connectivity index (χ0n) is 19.3. The van der Waals surface area contributed by atoms with Gasteiger partial charge in [0.2, 0.25) is 5.91 Å². The average molecular weight is 519 g/mol. The Morgan fingerprint density at radius 2 is 2.09 bits per heavy atom. The number of nitrogens with one attached hydrogen (secondary N) is 2. The Kier molecular flexibility index (Phi) is 8.52. The minimum Gasteiger partial charge on any atom is -0.496 e. The first-order chi connectivity index (χ1) is 16.6. The molecule has 0 aromatic heterocycles. The van der Waals surface area contributed by atoms with Crippen LogP contribution in [-0.4, -0.2) is 53.1 Å². The van der Waals surface area contributed by atoms with E-state index in [0.29, 0.717) is 34.2 Å². The molecule has 5 N–H and O–H groups in total. The number of benzene rings is 2. The van der Waals surface area contributed by atoms with Crippen molar-refractivity contribution in [3.05, 3.63) is 58.1 Å². The van der Waals surface area contributed by atoms with Crippen LogP contribution in [-0.2, 0) is 11.2 Å². The average Bonchev–Trinajstić information content (AvgIpc) is 2.96. The van der Waals surface area contributed by atoms with Gasteiger partial charge >= 0.3 is 12.0 Å². The summed E-state index contributed by atoms with van der Waals surface area (Å²) in [5, 5.41) is 15.6. The van der Waals surface area contributed by atoms with Crippen LogP contribution in [0.15, 0.2) is 36.4 Å². The van der Waals surface area contributed by atoms with Gasteiger partial charge in [0.1, 0.15) is 5.75 Å². The molecule has 2 atom stereocenters. The number of nitrogens with two attached hydrogens (primary N) is 1. The number of imide groups is 1. The Balaban J connectivity index is 1.81. The molecule has 35 heavy (non-hydrogen) atoms. The fourth-order valence-corrected chi connectivity index (χ4v) is 4.37. The van der Waals surface area contributed by atoms with Gasteiger partial charge in [0.05, 0.1) is 36.2 Å². The zero-order valence-corrected chi connectivity index (χ0v) is 20.9. The number of urea groups is 1. The summed E-state index contributed by atoms with van der Waals surface area (Å²) in [6.45, 7) is 2.07. The Bertz CT molecular complexity index is 1160. The molecule has 1 aliphatic rings. The lowest BCUT2D eigenvalue weighted by Crippen LogP contribution is -2.48. The molecule has 0 radical (unpaired) electrons. The van der Waals surface area contributed by atoms with E-state index in [4.69, 9.17) is 34.3 Å². The molecule has 1 fully saturated rings. The summed E-state index contributed by atoms with van der Waals surface area (Å²) in [7, 11) is 1.54. The number of thiocarbonyl (C=S) groups is 1. The molecule has 2 aromatic carbocycles. The minimum atomic E-state index is -1.13. The van der Waals surface area contributed by atoms with E-state index in [-0.39, 0.29) is 30.2 Å². The first-order valence-corrected chi connectivity index (χ1v) is 11.8. The molecular weight excluding hydrogens is 492 g/mol. The standard InChI is InChI=1S/C24H27ClN4O5S/c1-3-19(13-4-6-17(23(31)32)18(26)10-13)28-24(33)29-12-21(35)27-11-15(22(29)30)8-14-9-16(25)5-7-20(14)34-2/h4-7,9-10,15,19H,3,8,11-12,26H2,1-2H3,(H,27,35)(H,28,33)(H,31,32)/t15-,19+/m0/s1. The number of carboxylic acids is 1. The second kappa shape index (κ2) is 11.4. The number of ether oxygens (including phenoxy) is 1. The SMILES string of the molecule is CC[C@@H](NC(=O)N1CC(=S)NC[C@H](Cc2cc(Cl)ccc2OC)C1=O)c1ccc(C(=O)O)c(N)c1. The minimum absolute atomic E-state index is 0.0201. The number of hydrogen-bond acceptors (Lipinski definition) is 6. The summed E-state index contributed by atoms with van der Waals surface area (Å²) in [5.41, 5.74) is 7.32. The summed E-state index contributed by atoms with van der Waals surface area (Å²) in [6, 6.07) is 8.59. The fraction of sp³-hybridized carbons (Fsp3) is 0.333. The van der Waals surface area contributed by atoms with Crippen LogP contribution in [0.25, 0.3) is 0 Å². The van der Waals surface area contributed by atoms with Gasteiger partial charge in [0.15, 0.2) is 0 Å². The van der Waals surface area contributed by atoms with Crippen molar-refractivity contribution in [2.75, 3.05) is 25.9 Å². The number of methoxy groups -OCH3 is 1. The van der Waals surface area contributed by atoms with Crippen LogP contribution in [0.3, 0.4) is 0 Å². The number of carbonyl (C=O) groups excluding carboxylic acids is 2. The van der Waals surface area contributed by atoms with Crippen LogP contribution in [0.5, 0.6) is 5.75 Å².